The van der Waals surface area contributed by atoms with Crippen LogP contribution in [-0.2, 0) is 6.54 Å². The summed E-state index contributed by atoms with van der Waals surface area (Å²) in [7, 11) is 0. The van der Waals surface area contributed by atoms with Crippen LogP contribution in [0.5, 0.6) is 0 Å². The predicted octanol–water partition coefficient (Wildman–Crippen LogP) is 3.61. The van der Waals surface area contributed by atoms with Crippen molar-refractivity contribution in [3.8, 4) is 11.1 Å². The SMILES string of the molecule is O=c1c2ccc(-c3cccc(F)c3)cc2ncn1CC1CC1. The highest BCUT2D eigenvalue weighted by Crippen LogP contribution is 2.30. The van der Waals surface area contributed by atoms with Crippen molar-refractivity contribution in [1.82, 2.24) is 9.55 Å². The second kappa shape index (κ2) is 5.05. The maximum Gasteiger partial charge on any atom is 0.261 e. The molecule has 3 aromatic rings. The molecule has 0 aliphatic heterocycles. The summed E-state index contributed by atoms with van der Waals surface area (Å²) in [6, 6.07) is 11.9. The molecule has 4 heteroatoms. The van der Waals surface area contributed by atoms with Gasteiger partial charge in [-0.1, -0.05) is 18.2 Å². The first-order valence-electron chi connectivity index (χ1n) is 7.46. The first kappa shape index (κ1) is 13.2. The zero-order valence-electron chi connectivity index (χ0n) is 12.0. The van der Waals surface area contributed by atoms with Gasteiger partial charge >= 0.3 is 0 Å². The van der Waals surface area contributed by atoms with Crippen LogP contribution < -0.4 is 5.56 Å². The Balaban J connectivity index is 1.79. The molecule has 0 spiro atoms. The van der Waals surface area contributed by atoms with E-state index in [-0.39, 0.29) is 11.4 Å². The third-order valence-corrected chi connectivity index (χ3v) is 4.13. The number of hydrogen-bond acceptors (Lipinski definition) is 2. The van der Waals surface area contributed by atoms with E-state index >= 15 is 0 Å². The lowest BCUT2D eigenvalue weighted by molar-refractivity contribution is 0.602. The fourth-order valence-corrected chi connectivity index (χ4v) is 2.71. The van der Waals surface area contributed by atoms with Gasteiger partial charge in [0.2, 0.25) is 0 Å². The van der Waals surface area contributed by atoms with E-state index < -0.39 is 0 Å². The molecule has 0 bridgehead atoms. The van der Waals surface area contributed by atoms with Gasteiger partial charge in [-0.2, -0.15) is 0 Å². The van der Waals surface area contributed by atoms with Crippen molar-refractivity contribution in [3.05, 3.63) is 65.0 Å². The van der Waals surface area contributed by atoms with Crippen molar-refractivity contribution in [1.29, 1.82) is 0 Å². The van der Waals surface area contributed by atoms with Crippen LogP contribution in [0.3, 0.4) is 0 Å². The maximum atomic E-state index is 13.3. The zero-order valence-corrected chi connectivity index (χ0v) is 12.0. The van der Waals surface area contributed by atoms with Gasteiger partial charge in [-0.05, 0) is 54.2 Å². The topological polar surface area (TPSA) is 34.9 Å². The molecule has 0 unspecified atom stereocenters. The van der Waals surface area contributed by atoms with Crippen molar-refractivity contribution in [2.75, 3.05) is 0 Å². The highest BCUT2D eigenvalue weighted by molar-refractivity contribution is 5.83. The molecule has 1 fully saturated rings. The normalized spacial score (nSPS) is 14.4. The first-order chi connectivity index (χ1) is 10.7. The van der Waals surface area contributed by atoms with E-state index in [1.165, 1.54) is 25.0 Å². The summed E-state index contributed by atoms with van der Waals surface area (Å²) >= 11 is 0. The van der Waals surface area contributed by atoms with E-state index in [1.807, 2.05) is 18.2 Å². The monoisotopic (exact) mass is 294 g/mol. The summed E-state index contributed by atoms with van der Waals surface area (Å²) in [5, 5.41) is 0.614. The minimum Gasteiger partial charge on any atom is -0.298 e. The molecule has 0 atom stereocenters. The van der Waals surface area contributed by atoms with Gasteiger partial charge in [0.25, 0.3) is 5.56 Å². The molecule has 1 heterocycles. The largest absolute Gasteiger partial charge is 0.298 e. The van der Waals surface area contributed by atoms with Crippen LogP contribution in [0.25, 0.3) is 22.0 Å². The molecule has 0 N–H and O–H groups in total. The van der Waals surface area contributed by atoms with Crippen LogP contribution in [0, 0.1) is 11.7 Å². The molecule has 110 valence electrons. The fraction of sp³-hybridized carbons (Fsp3) is 0.222. The summed E-state index contributed by atoms with van der Waals surface area (Å²) in [6.07, 6.45) is 4.02. The van der Waals surface area contributed by atoms with Crippen LogP contribution in [0.1, 0.15) is 12.8 Å². The highest BCUT2D eigenvalue weighted by Gasteiger charge is 2.22. The van der Waals surface area contributed by atoms with Gasteiger partial charge in [0.1, 0.15) is 5.82 Å². The lowest BCUT2D eigenvalue weighted by Gasteiger charge is -2.07. The quantitative estimate of drug-likeness (QED) is 0.739. The third-order valence-electron chi connectivity index (χ3n) is 4.13. The van der Waals surface area contributed by atoms with Crippen LogP contribution in [0.2, 0.25) is 0 Å². The van der Waals surface area contributed by atoms with Gasteiger partial charge in [0.15, 0.2) is 0 Å². The van der Waals surface area contributed by atoms with Crippen molar-refractivity contribution < 1.29 is 4.39 Å². The number of rotatable bonds is 3. The van der Waals surface area contributed by atoms with E-state index in [0.29, 0.717) is 16.8 Å². The third kappa shape index (κ3) is 2.41. The summed E-state index contributed by atoms with van der Waals surface area (Å²) in [5.41, 5.74) is 2.30. The molecule has 0 saturated heterocycles. The zero-order chi connectivity index (χ0) is 15.1. The fourth-order valence-electron chi connectivity index (χ4n) is 2.71. The second-order valence-electron chi connectivity index (χ2n) is 5.89. The Kier molecular flexibility index (Phi) is 3.03. The van der Waals surface area contributed by atoms with E-state index in [0.717, 1.165) is 17.7 Å². The molecule has 0 amide bonds. The number of benzene rings is 2. The van der Waals surface area contributed by atoms with Crippen LogP contribution in [0.4, 0.5) is 4.39 Å². The lowest BCUT2D eigenvalue weighted by Crippen LogP contribution is -2.21. The molecular weight excluding hydrogens is 279 g/mol. The van der Waals surface area contributed by atoms with Gasteiger partial charge in [0, 0.05) is 6.54 Å². The lowest BCUT2D eigenvalue weighted by atomic mass is 10.0. The predicted molar refractivity (Wildman–Crippen MR) is 84.1 cm³/mol. The average Bonchev–Trinajstić information content (AvgIpc) is 3.34. The Morgan fingerprint density at radius 3 is 2.73 bits per heavy atom. The Morgan fingerprint density at radius 2 is 1.95 bits per heavy atom. The Hall–Kier alpha value is -2.49. The van der Waals surface area contributed by atoms with Crippen LogP contribution >= 0.6 is 0 Å². The molecule has 1 aromatic heterocycles. The van der Waals surface area contributed by atoms with E-state index in [4.69, 9.17) is 0 Å². The molecule has 4 rings (SSSR count). The Bertz CT molecular complexity index is 912. The van der Waals surface area contributed by atoms with Crippen molar-refractivity contribution in [3.63, 3.8) is 0 Å². The number of nitrogens with zero attached hydrogens (tertiary/aromatic N) is 2. The maximum absolute atomic E-state index is 13.3. The molecule has 0 radical (unpaired) electrons. The Labute approximate surface area is 127 Å². The van der Waals surface area contributed by atoms with E-state index in [2.05, 4.69) is 4.98 Å². The summed E-state index contributed by atoms with van der Waals surface area (Å²) in [4.78, 5) is 16.9. The van der Waals surface area contributed by atoms with Crippen molar-refractivity contribution >= 4 is 10.9 Å². The minimum absolute atomic E-state index is 0.00249. The molecule has 1 saturated carbocycles. The average molecular weight is 294 g/mol. The molecule has 22 heavy (non-hydrogen) atoms. The van der Waals surface area contributed by atoms with Gasteiger partial charge in [-0.3, -0.25) is 9.36 Å². The highest BCUT2D eigenvalue weighted by atomic mass is 19.1. The Morgan fingerprint density at radius 1 is 1.14 bits per heavy atom. The molecule has 1 aliphatic carbocycles. The van der Waals surface area contributed by atoms with Crippen LogP contribution in [0.15, 0.2) is 53.6 Å². The van der Waals surface area contributed by atoms with Gasteiger partial charge in [0.05, 0.1) is 17.2 Å². The summed E-state index contributed by atoms with van der Waals surface area (Å²) < 4.78 is 15.0. The second-order valence-corrected chi connectivity index (χ2v) is 5.89. The molecule has 1 aliphatic rings. The van der Waals surface area contributed by atoms with E-state index in [9.17, 15) is 9.18 Å². The smallest absolute Gasteiger partial charge is 0.261 e. The molecule has 2 aromatic carbocycles. The summed E-state index contributed by atoms with van der Waals surface area (Å²) in [6.45, 7) is 0.757. The number of halogens is 1. The van der Waals surface area contributed by atoms with Crippen molar-refractivity contribution in [2.24, 2.45) is 5.92 Å². The van der Waals surface area contributed by atoms with Crippen LogP contribution in [-0.4, -0.2) is 9.55 Å². The standard InChI is InChI=1S/C18H15FN2O/c19-15-3-1-2-13(8-15)14-6-7-16-17(9-14)20-11-21(18(16)22)10-12-4-5-12/h1-3,6-9,11-12H,4-5,10H2. The number of hydrogen-bond donors (Lipinski definition) is 0. The molecular formula is C18H15FN2O. The first-order valence-corrected chi connectivity index (χ1v) is 7.46. The van der Waals surface area contributed by atoms with E-state index in [1.54, 1.807) is 23.0 Å². The van der Waals surface area contributed by atoms with Gasteiger partial charge in [-0.15, -0.1) is 0 Å². The number of fused-ring (bicyclic) bond motifs is 1. The summed E-state index contributed by atoms with van der Waals surface area (Å²) in [5.74, 6) is 0.355. The minimum atomic E-state index is -0.273. The molecule has 3 nitrogen and oxygen atoms in total. The van der Waals surface area contributed by atoms with Gasteiger partial charge in [-0.25, -0.2) is 9.37 Å². The van der Waals surface area contributed by atoms with Gasteiger partial charge < -0.3 is 0 Å². The van der Waals surface area contributed by atoms with Crippen molar-refractivity contribution in [2.45, 2.75) is 19.4 Å². The number of aromatic nitrogens is 2.